The number of aliphatic hydroxyl groups is 1. The van der Waals surface area contributed by atoms with Gasteiger partial charge in [-0.2, -0.15) is 0 Å². The van der Waals surface area contributed by atoms with E-state index in [-0.39, 0.29) is 23.6 Å². The first kappa shape index (κ1) is 15.1. The van der Waals surface area contributed by atoms with E-state index < -0.39 is 17.5 Å². The molecule has 0 bridgehead atoms. The highest BCUT2D eigenvalue weighted by Gasteiger charge is 2.36. The van der Waals surface area contributed by atoms with Crippen LogP contribution in [0.25, 0.3) is 0 Å². The highest BCUT2D eigenvalue weighted by atomic mass is 32.1. The zero-order chi connectivity index (χ0) is 15.7. The van der Waals surface area contributed by atoms with Crippen LogP contribution in [0.15, 0.2) is 35.7 Å². The van der Waals surface area contributed by atoms with Crippen LogP contribution < -0.4 is 5.32 Å². The molecule has 1 aliphatic rings. The molecule has 1 heterocycles. The van der Waals surface area contributed by atoms with Crippen molar-refractivity contribution in [3.8, 4) is 0 Å². The van der Waals surface area contributed by atoms with Crippen LogP contribution in [0, 0.1) is 17.6 Å². The van der Waals surface area contributed by atoms with Crippen molar-refractivity contribution in [2.24, 2.45) is 5.92 Å². The van der Waals surface area contributed by atoms with E-state index in [0.29, 0.717) is 12.8 Å². The highest BCUT2D eigenvalue weighted by Crippen LogP contribution is 2.39. The Hall–Kier alpha value is -1.79. The summed E-state index contributed by atoms with van der Waals surface area (Å²) in [5.74, 6) is -1.94. The summed E-state index contributed by atoms with van der Waals surface area (Å²) < 4.78 is 26.9. The van der Waals surface area contributed by atoms with Crippen molar-refractivity contribution in [2.75, 3.05) is 0 Å². The fourth-order valence-electron chi connectivity index (χ4n) is 2.68. The van der Waals surface area contributed by atoms with Gasteiger partial charge in [0, 0.05) is 4.88 Å². The van der Waals surface area contributed by atoms with Gasteiger partial charge in [0.15, 0.2) is 0 Å². The van der Waals surface area contributed by atoms with Gasteiger partial charge in [0.2, 0.25) is 0 Å². The molecule has 0 aliphatic heterocycles. The zero-order valence-corrected chi connectivity index (χ0v) is 12.4. The average Bonchev–Trinajstić information content (AvgIpc) is 2.98. The third kappa shape index (κ3) is 3.03. The van der Waals surface area contributed by atoms with Gasteiger partial charge in [-0.3, -0.25) is 4.79 Å². The number of rotatable bonds is 4. The fourth-order valence-corrected chi connectivity index (χ4v) is 3.55. The van der Waals surface area contributed by atoms with Gasteiger partial charge in [-0.25, -0.2) is 8.78 Å². The lowest BCUT2D eigenvalue weighted by atomic mass is 9.76. The molecule has 2 aromatic rings. The lowest BCUT2D eigenvalue weighted by Crippen LogP contribution is -2.41. The summed E-state index contributed by atoms with van der Waals surface area (Å²) in [7, 11) is 0. The standard InChI is InChI=1S/C16H15F2NO2S/c17-10-3-4-13(18)12(8-10)16(21)19-15(9-6-11(20)7-9)14-2-1-5-22-14/h1-5,8-9,11,15,20H,6-7H2,(H,19,21)/t9?,11?,15-/m0/s1. The van der Waals surface area contributed by atoms with Crippen LogP contribution in [0.4, 0.5) is 8.78 Å². The van der Waals surface area contributed by atoms with E-state index in [0.717, 1.165) is 23.1 Å². The number of nitrogens with one attached hydrogen (secondary N) is 1. The summed E-state index contributed by atoms with van der Waals surface area (Å²) in [5.41, 5.74) is -0.304. The quantitative estimate of drug-likeness (QED) is 0.907. The molecule has 1 aliphatic carbocycles. The zero-order valence-electron chi connectivity index (χ0n) is 11.6. The number of hydrogen-bond donors (Lipinski definition) is 2. The van der Waals surface area contributed by atoms with E-state index in [2.05, 4.69) is 5.32 Å². The van der Waals surface area contributed by atoms with Crippen LogP contribution in [-0.2, 0) is 0 Å². The topological polar surface area (TPSA) is 49.3 Å². The molecule has 1 atom stereocenters. The van der Waals surface area contributed by atoms with Crippen LogP contribution >= 0.6 is 11.3 Å². The van der Waals surface area contributed by atoms with Crippen molar-refractivity contribution < 1.29 is 18.7 Å². The molecular formula is C16H15F2NO2S. The van der Waals surface area contributed by atoms with Crippen LogP contribution in [0.3, 0.4) is 0 Å². The number of hydrogen-bond acceptors (Lipinski definition) is 3. The highest BCUT2D eigenvalue weighted by molar-refractivity contribution is 7.10. The fraction of sp³-hybridized carbons (Fsp3) is 0.312. The molecule has 0 unspecified atom stereocenters. The third-order valence-corrected chi connectivity index (χ3v) is 4.89. The molecule has 22 heavy (non-hydrogen) atoms. The number of carbonyl (C=O) groups is 1. The van der Waals surface area contributed by atoms with Crippen molar-refractivity contribution in [1.29, 1.82) is 0 Å². The number of carbonyl (C=O) groups excluding carboxylic acids is 1. The molecule has 3 rings (SSSR count). The normalized spacial score (nSPS) is 22.0. The Morgan fingerprint density at radius 3 is 2.73 bits per heavy atom. The van der Waals surface area contributed by atoms with Gasteiger partial charge in [0.25, 0.3) is 5.91 Å². The summed E-state index contributed by atoms with van der Waals surface area (Å²) in [6.07, 6.45) is 0.832. The van der Waals surface area contributed by atoms with Gasteiger partial charge in [-0.15, -0.1) is 11.3 Å². The molecule has 0 saturated heterocycles. The summed E-state index contributed by atoms with van der Waals surface area (Å²) in [6.45, 7) is 0. The SMILES string of the molecule is O=C(N[C@H](c1cccs1)C1CC(O)C1)c1cc(F)ccc1F. The van der Waals surface area contributed by atoms with E-state index in [1.165, 1.54) is 11.3 Å². The molecular weight excluding hydrogens is 308 g/mol. The number of halogens is 2. The maximum Gasteiger partial charge on any atom is 0.254 e. The second-order valence-electron chi connectivity index (χ2n) is 5.48. The van der Waals surface area contributed by atoms with Gasteiger partial charge in [0.1, 0.15) is 11.6 Å². The first-order chi connectivity index (χ1) is 10.5. The van der Waals surface area contributed by atoms with Gasteiger partial charge in [-0.05, 0) is 48.4 Å². The summed E-state index contributed by atoms with van der Waals surface area (Å²) in [4.78, 5) is 13.2. The van der Waals surface area contributed by atoms with Crippen molar-refractivity contribution in [2.45, 2.75) is 25.0 Å². The Balaban J connectivity index is 1.81. The molecule has 1 saturated carbocycles. The monoisotopic (exact) mass is 323 g/mol. The molecule has 1 aromatic heterocycles. The number of amides is 1. The molecule has 1 amide bonds. The maximum absolute atomic E-state index is 13.7. The van der Waals surface area contributed by atoms with E-state index in [1.807, 2.05) is 17.5 Å². The molecule has 6 heteroatoms. The minimum atomic E-state index is -0.752. The number of benzene rings is 1. The Kier molecular flexibility index (Phi) is 4.22. The molecule has 2 N–H and O–H groups in total. The first-order valence-corrected chi connectivity index (χ1v) is 7.90. The van der Waals surface area contributed by atoms with Gasteiger partial charge >= 0.3 is 0 Å². The van der Waals surface area contributed by atoms with Gasteiger partial charge in [0.05, 0.1) is 17.7 Å². The predicted molar refractivity (Wildman–Crippen MR) is 79.6 cm³/mol. The van der Waals surface area contributed by atoms with E-state index >= 15 is 0 Å². The van der Waals surface area contributed by atoms with Crippen LogP contribution in [-0.4, -0.2) is 17.1 Å². The minimum Gasteiger partial charge on any atom is -0.393 e. The van der Waals surface area contributed by atoms with Gasteiger partial charge in [-0.1, -0.05) is 6.07 Å². The molecule has 0 spiro atoms. The summed E-state index contributed by atoms with van der Waals surface area (Å²) in [6, 6.07) is 6.28. The van der Waals surface area contributed by atoms with Crippen LogP contribution in [0.5, 0.6) is 0 Å². The largest absolute Gasteiger partial charge is 0.393 e. The molecule has 1 aromatic carbocycles. The minimum absolute atomic E-state index is 0.106. The Bertz CT molecular complexity index is 669. The van der Waals surface area contributed by atoms with Crippen molar-refractivity contribution >= 4 is 17.2 Å². The van der Waals surface area contributed by atoms with E-state index in [4.69, 9.17) is 0 Å². The molecule has 116 valence electrons. The number of aliphatic hydroxyl groups excluding tert-OH is 1. The maximum atomic E-state index is 13.7. The lowest BCUT2D eigenvalue weighted by Gasteiger charge is -2.37. The number of thiophene rings is 1. The smallest absolute Gasteiger partial charge is 0.254 e. The Morgan fingerprint density at radius 2 is 2.09 bits per heavy atom. The first-order valence-electron chi connectivity index (χ1n) is 7.02. The average molecular weight is 323 g/mol. The van der Waals surface area contributed by atoms with Crippen LogP contribution in [0.2, 0.25) is 0 Å². The van der Waals surface area contributed by atoms with E-state index in [9.17, 15) is 18.7 Å². The van der Waals surface area contributed by atoms with Crippen molar-refractivity contribution in [3.05, 3.63) is 57.8 Å². The molecule has 0 radical (unpaired) electrons. The third-order valence-electron chi connectivity index (χ3n) is 3.93. The van der Waals surface area contributed by atoms with Crippen molar-refractivity contribution in [3.63, 3.8) is 0 Å². The Labute approximate surface area is 130 Å². The van der Waals surface area contributed by atoms with Crippen molar-refractivity contribution in [1.82, 2.24) is 5.32 Å². The lowest BCUT2D eigenvalue weighted by molar-refractivity contribution is 0.0240. The Morgan fingerprint density at radius 1 is 1.32 bits per heavy atom. The second-order valence-corrected chi connectivity index (χ2v) is 6.46. The summed E-state index contributed by atoms with van der Waals surface area (Å²) >= 11 is 1.49. The van der Waals surface area contributed by atoms with Gasteiger partial charge < -0.3 is 10.4 Å². The second kappa shape index (κ2) is 6.14. The van der Waals surface area contributed by atoms with E-state index in [1.54, 1.807) is 0 Å². The van der Waals surface area contributed by atoms with Crippen LogP contribution in [0.1, 0.15) is 34.1 Å². The predicted octanol–water partition coefficient (Wildman–Crippen LogP) is 3.27. The summed E-state index contributed by atoms with van der Waals surface area (Å²) in [5, 5.41) is 14.2. The molecule has 3 nitrogen and oxygen atoms in total. The molecule has 1 fully saturated rings.